The quantitative estimate of drug-likeness (QED) is 0.725. The number of imidazole rings is 1. The standard InChI is InChI=1S/C19H24N4O3/c1-25-9-6-15-22-16-17(13-4-2-3-5-14(13)21-18(16)20)23(15)12-19(24)7-10-26-11-8-19/h2-5,24H,6-12H2,1H3,(H2,20,21). The van der Waals surface area contributed by atoms with Crippen LogP contribution >= 0.6 is 0 Å². The number of pyridine rings is 1. The van der Waals surface area contributed by atoms with Crippen LogP contribution in [0.3, 0.4) is 0 Å². The number of ether oxygens (including phenoxy) is 2. The van der Waals surface area contributed by atoms with Crippen molar-refractivity contribution in [3.63, 3.8) is 0 Å². The lowest BCUT2D eigenvalue weighted by atomic mass is 9.94. The van der Waals surface area contributed by atoms with Crippen LogP contribution in [-0.2, 0) is 22.4 Å². The number of nitrogens with zero attached hydrogens (tertiary/aromatic N) is 3. The van der Waals surface area contributed by atoms with Gasteiger partial charge >= 0.3 is 0 Å². The molecule has 0 radical (unpaired) electrons. The van der Waals surface area contributed by atoms with Gasteiger partial charge in [0.15, 0.2) is 5.82 Å². The lowest BCUT2D eigenvalue weighted by Crippen LogP contribution is -2.40. The van der Waals surface area contributed by atoms with Gasteiger partial charge in [0.2, 0.25) is 0 Å². The first kappa shape index (κ1) is 17.2. The molecule has 0 unspecified atom stereocenters. The summed E-state index contributed by atoms with van der Waals surface area (Å²) in [6, 6.07) is 7.89. The van der Waals surface area contributed by atoms with E-state index in [4.69, 9.17) is 20.2 Å². The van der Waals surface area contributed by atoms with Gasteiger partial charge in [0.1, 0.15) is 11.3 Å². The van der Waals surface area contributed by atoms with E-state index in [-0.39, 0.29) is 0 Å². The molecule has 2 aromatic heterocycles. The third-order valence-electron chi connectivity index (χ3n) is 5.10. The molecule has 0 aliphatic carbocycles. The van der Waals surface area contributed by atoms with Crippen molar-refractivity contribution in [2.75, 3.05) is 32.7 Å². The molecule has 1 aliphatic rings. The molecule has 4 rings (SSSR count). The maximum Gasteiger partial charge on any atom is 0.152 e. The van der Waals surface area contributed by atoms with Gasteiger partial charge in [-0.15, -0.1) is 0 Å². The first-order valence-electron chi connectivity index (χ1n) is 8.94. The fourth-order valence-corrected chi connectivity index (χ4v) is 3.66. The van der Waals surface area contributed by atoms with Gasteiger partial charge in [0.05, 0.1) is 29.8 Å². The fourth-order valence-electron chi connectivity index (χ4n) is 3.66. The Kier molecular flexibility index (Phi) is 4.52. The fraction of sp³-hybridized carbons (Fsp3) is 0.474. The number of nitrogens with two attached hydrogens (primary N) is 1. The highest BCUT2D eigenvalue weighted by atomic mass is 16.5. The predicted molar refractivity (Wildman–Crippen MR) is 100 cm³/mol. The largest absolute Gasteiger partial charge is 0.388 e. The van der Waals surface area contributed by atoms with Gasteiger partial charge in [-0.25, -0.2) is 9.97 Å². The van der Waals surface area contributed by atoms with Crippen LogP contribution in [0.4, 0.5) is 5.82 Å². The normalized spacial score (nSPS) is 17.2. The van der Waals surface area contributed by atoms with Gasteiger partial charge in [0.25, 0.3) is 0 Å². The van der Waals surface area contributed by atoms with Crippen molar-refractivity contribution in [2.45, 2.75) is 31.4 Å². The van der Waals surface area contributed by atoms with Gasteiger partial charge in [-0.3, -0.25) is 0 Å². The summed E-state index contributed by atoms with van der Waals surface area (Å²) in [7, 11) is 1.67. The van der Waals surface area contributed by atoms with E-state index >= 15 is 0 Å². The molecule has 7 heteroatoms. The second-order valence-corrected chi connectivity index (χ2v) is 6.91. The highest BCUT2D eigenvalue weighted by Crippen LogP contribution is 2.32. The molecule has 7 nitrogen and oxygen atoms in total. The minimum atomic E-state index is -0.813. The van der Waals surface area contributed by atoms with Crippen molar-refractivity contribution in [3.05, 3.63) is 30.1 Å². The zero-order valence-electron chi connectivity index (χ0n) is 14.9. The average molecular weight is 356 g/mol. The minimum Gasteiger partial charge on any atom is -0.388 e. The van der Waals surface area contributed by atoms with Crippen molar-refractivity contribution < 1.29 is 14.6 Å². The zero-order chi connectivity index (χ0) is 18.1. The second-order valence-electron chi connectivity index (χ2n) is 6.91. The van der Waals surface area contributed by atoms with Crippen LogP contribution in [0.15, 0.2) is 24.3 Å². The predicted octanol–water partition coefficient (Wildman–Crippen LogP) is 1.90. The Morgan fingerprint density at radius 2 is 2.04 bits per heavy atom. The number of para-hydroxylation sites is 1. The number of rotatable bonds is 5. The molecular formula is C19H24N4O3. The summed E-state index contributed by atoms with van der Waals surface area (Å²) in [5, 5.41) is 12.1. The van der Waals surface area contributed by atoms with Gasteiger partial charge in [-0.2, -0.15) is 0 Å². The molecule has 1 aromatic carbocycles. The summed E-state index contributed by atoms with van der Waals surface area (Å²) in [5.74, 6) is 1.27. The molecule has 0 saturated carbocycles. The molecule has 0 spiro atoms. The SMILES string of the molecule is COCCc1nc2c(N)nc3ccccc3c2n1CC1(O)CCOCC1. The van der Waals surface area contributed by atoms with Crippen molar-refractivity contribution in [3.8, 4) is 0 Å². The van der Waals surface area contributed by atoms with Gasteiger partial charge in [0, 0.05) is 45.0 Å². The summed E-state index contributed by atoms with van der Waals surface area (Å²) >= 11 is 0. The number of aromatic nitrogens is 3. The maximum absolute atomic E-state index is 11.1. The molecule has 1 saturated heterocycles. The highest BCUT2D eigenvalue weighted by molar-refractivity contribution is 6.06. The van der Waals surface area contributed by atoms with E-state index in [2.05, 4.69) is 9.55 Å². The van der Waals surface area contributed by atoms with Crippen LogP contribution in [0.5, 0.6) is 0 Å². The number of benzene rings is 1. The summed E-state index contributed by atoms with van der Waals surface area (Å²) in [5.41, 5.74) is 7.83. The lowest BCUT2D eigenvalue weighted by molar-refractivity contribution is -0.0726. The number of methoxy groups -OCH3 is 1. The third-order valence-corrected chi connectivity index (χ3v) is 5.10. The summed E-state index contributed by atoms with van der Waals surface area (Å²) in [4.78, 5) is 9.24. The molecule has 0 amide bonds. The van der Waals surface area contributed by atoms with Crippen LogP contribution in [0, 0.1) is 0 Å². The van der Waals surface area contributed by atoms with Crippen molar-refractivity contribution in [1.82, 2.24) is 14.5 Å². The van der Waals surface area contributed by atoms with Gasteiger partial charge < -0.3 is 24.9 Å². The first-order chi connectivity index (χ1) is 12.6. The van der Waals surface area contributed by atoms with Crippen LogP contribution in [0.25, 0.3) is 21.9 Å². The highest BCUT2D eigenvalue weighted by Gasteiger charge is 2.32. The second kappa shape index (κ2) is 6.83. The lowest BCUT2D eigenvalue weighted by Gasteiger charge is -2.33. The molecular weight excluding hydrogens is 332 g/mol. The molecule has 3 N–H and O–H groups in total. The van der Waals surface area contributed by atoms with Crippen LogP contribution in [0.1, 0.15) is 18.7 Å². The molecule has 0 atom stereocenters. The van der Waals surface area contributed by atoms with E-state index in [1.54, 1.807) is 7.11 Å². The van der Waals surface area contributed by atoms with Crippen LogP contribution in [0.2, 0.25) is 0 Å². The number of nitrogen functional groups attached to an aromatic ring is 1. The zero-order valence-corrected chi connectivity index (χ0v) is 14.9. The Hall–Kier alpha value is -2.22. The Morgan fingerprint density at radius 1 is 1.27 bits per heavy atom. The van der Waals surface area contributed by atoms with Crippen LogP contribution < -0.4 is 5.73 Å². The maximum atomic E-state index is 11.1. The van der Waals surface area contributed by atoms with E-state index in [0.29, 0.717) is 57.0 Å². The summed E-state index contributed by atoms with van der Waals surface area (Å²) in [6.07, 6.45) is 1.86. The smallest absolute Gasteiger partial charge is 0.152 e. The monoisotopic (exact) mass is 356 g/mol. The summed E-state index contributed by atoms with van der Waals surface area (Å²) < 4.78 is 12.8. The van der Waals surface area contributed by atoms with Gasteiger partial charge in [-0.05, 0) is 6.07 Å². The molecule has 26 heavy (non-hydrogen) atoms. The number of fused-ring (bicyclic) bond motifs is 3. The molecule has 0 bridgehead atoms. The number of anilines is 1. The van der Waals surface area contributed by atoms with E-state index in [1.807, 2.05) is 24.3 Å². The first-order valence-corrected chi connectivity index (χ1v) is 8.94. The number of hydrogen-bond donors (Lipinski definition) is 2. The Bertz CT molecular complexity index is 931. The Morgan fingerprint density at radius 3 is 2.81 bits per heavy atom. The Balaban J connectivity index is 1.91. The van der Waals surface area contributed by atoms with Crippen molar-refractivity contribution in [1.29, 1.82) is 0 Å². The molecule has 1 fully saturated rings. The number of hydrogen-bond acceptors (Lipinski definition) is 6. The third kappa shape index (κ3) is 3.02. The molecule has 1 aliphatic heterocycles. The number of aliphatic hydroxyl groups is 1. The Labute approximate surface area is 151 Å². The van der Waals surface area contributed by atoms with E-state index in [9.17, 15) is 5.11 Å². The van der Waals surface area contributed by atoms with E-state index in [0.717, 1.165) is 22.2 Å². The van der Waals surface area contributed by atoms with E-state index < -0.39 is 5.60 Å². The van der Waals surface area contributed by atoms with Crippen molar-refractivity contribution >= 4 is 27.8 Å². The molecule has 3 heterocycles. The average Bonchev–Trinajstić information content (AvgIpc) is 2.99. The van der Waals surface area contributed by atoms with E-state index in [1.165, 1.54) is 0 Å². The minimum absolute atomic E-state index is 0.412. The van der Waals surface area contributed by atoms with Gasteiger partial charge in [-0.1, -0.05) is 18.2 Å². The van der Waals surface area contributed by atoms with Crippen LogP contribution in [-0.4, -0.2) is 52.2 Å². The molecule has 3 aromatic rings. The summed E-state index contributed by atoms with van der Waals surface area (Å²) in [6.45, 7) is 2.15. The topological polar surface area (TPSA) is 95.4 Å². The van der Waals surface area contributed by atoms with Crippen molar-refractivity contribution in [2.24, 2.45) is 0 Å². The molecule has 138 valence electrons.